The quantitative estimate of drug-likeness (QED) is 0.789. The highest BCUT2D eigenvalue weighted by molar-refractivity contribution is 6.59. The van der Waals surface area contributed by atoms with E-state index in [2.05, 4.69) is 0 Å². The molecule has 0 saturated heterocycles. The van der Waals surface area contributed by atoms with Gasteiger partial charge < -0.3 is 5.11 Å². The molecule has 0 aromatic heterocycles. The largest absolute Gasteiger partial charge is 0.481 e. The van der Waals surface area contributed by atoms with E-state index >= 15 is 0 Å². The average Bonchev–Trinajstić information content (AvgIpc) is 1.88. The Balaban J connectivity index is 4.52. The van der Waals surface area contributed by atoms with Crippen LogP contribution in [-0.4, -0.2) is 11.1 Å². The summed E-state index contributed by atoms with van der Waals surface area (Å²) in [6.07, 6.45) is 0.372. The highest BCUT2D eigenvalue weighted by Gasteiger charge is 2.20. The molecule has 1 unspecified atom stereocenters. The lowest BCUT2D eigenvalue weighted by Crippen LogP contribution is -2.12. The number of aliphatic carboxylic acids is 1. The molecule has 0 saturated carbocycles. The highest BCUT2D eigenvalue weighted by atomic mass is 35.5. The summed E-state index contributed by atoms with van der Waals surface area (Å²) in [4.78, 5) is 10.4. The molecule has 0 radical (unpaired) electrons. The van der Waals surface area contributed by atoms with Crippen molar-refractivity contribution in [1.82, 2.24) is 0 Å². The van der Waals surface area contributed by atoms with Gasteiger partial charge in [-0.05, 0) is 6.42 Å². The van der Waals surface area contributed by atoms with Gasteiger partial charge in [0, 0.05) is 0 Å². The van der Waals surface area contributed by atoms with Crippen LogP contribution in [0.2, 0.25) is 0 Å². The van der Waals surface area contributed by atoms with Crippen molar-refractivity contribution < 1.29 is 9.90 Å². The van der Waals surface area contributed by atoms with Gasteiger partial charge >= 0.3 is 5.97 Å². The van der Waals surface area contributed by atoms with Crippen LogP contribution in [0.1, 0.15) is 13.3 Å². The molecule has 0 bridgehead atoms. The van der Waals surface area contributed by atoms with Crippen molar-refractivity contribution in [2.24, 2.45) is 5.92 Å². The molecule has 0 aliphatic carbocycles. The second kappa shape index (κ2) is 4.86. The number of hydrogen-bond acceptors (Lipinski definition) is 1. The van der Waals surface area contributed by atoms with Crippen LogP contribution in [0.4, 0.5) is 0 Å². The Morgan fingerprint density at radius 2 is 1.91 bits per heavy atom. The van der Waals surface area contributed by atoms with Crippen molar-refractivity contribution in [3.63, 3.8) is 0 Å². The fraction of sp³-hybridized carbons (Fsp3) is 0.500. The fourth-order valence-corrected chi connectivity index (χ4v) is 1.11. The van der Waals surface area contributed by atoms with Crippen LogP contribution in [0.5, 0.6) is 0 Å². The minimum absolute atomic E-state index is 0.0108. The summed E-state index contributed by atoms with van der Waals surface area (Å²) < 4.78 is -0.180. The predicted molar refractivity (Wildman–Crippen MR) is 46.0 cm³/mol. The third kappa shape index (κ3) is 3.32. The van der Waals surface area contributed by atoms with Crippen molar-refractivity contribution in [3.8, 4) is 0 Å². The third-order valence-electron chi connectivity index (χ3n) is 1.19. The van der Waals surface area contributed by atoms with Crippen LogP contribution in [-0.2, 0) is 4.79 Å². The fourth-order valence-electron chi connectivity index (χ4n) is 0.594. The van der Waals surface area contributed by atoms with E-state index < -0.39 is 11.9 Å². The molecule has 2 nitrogen and oxygen atoms in total. The number of hydrogen-bond donors (Lipinski definition) is 1. The van der Waals surface area contributed by atoms with Gasteiger partial charge in [0.2, 0.25) is 0 Å². The highest BCUT2D eigenvalue weighted by Crippen LogP contribution is 2.27. The first kappa shape index (κ1) is 11.1. The Morgan fingerprint density at radius 1 is 1.45 bits per heavy atom. The molecule has 0 spiro atoms. The molecule has 0 aromatic rings. The molecule has 0 aliphatic heterocycles. The SMILES string of the molecule is CCC(C(=O)O)C(Cl)=C(Cl)Cl. The van der Waals surface area contributed by atoms with E-state index in [0.29, 0.717) is 6.42 Å². The Morgan fingerprint density at radius 3 is 2.00 bits per heavy atom. The van der Waals surface area contributed by atoms with Crippen molar-refractivity contribution >= 4 is 40.8 Å². The molecule has 11 heavy (non-hydrogen) atoms. The van der Waals surface area contributed by atoms with E-state index in [-0.39, 0.29) is 9.52 Å². The summed E-state index contributed by atoms with van der Waals surface area (Å²) in [6, 6.07) is 0. The lowest BCUT2D eigenvalue weighted by Gasteiger charge is -2.07. The Hall–Kier alpha value is 0.0800. The minimum Gasteiger partial charge on any atom is -0.481 e. The summed E-state index contributed by atoms with van der Waals surface area (Å²) in [5, 5.41) is 8.55. The lowest BCUT2D eigenvalue weighted by molar-refractivity contribution is -0.140. The standard InChI is InChI=1S/C6H7Cl3O2/c1-2-3(6(10)11)4(7)5(8)9/h3H,2H2,1H3,(H,10,11). The van der Waals surface area contributed by atoms with Crippen LogP contribution >= 0.6 is 34.8 Å². The third-order valence-corrected chi connectivity index (χ3v) is 2.25. The summed E-state index contributed by atoms with van der Waals surface area (Å²) in [5.74, 6) is -1.81. The summed E-state index contributed by atoms with van der Waals surface area (Å²) in [5.41, 5.74) is 0. The molecule has 0 amide bonds. The van der Waals surface area contributed by atoms with Crippen LogP contribution in [0, 0.1) is 5.92 Å². The first-order valence-electron chi connectivity index (χ1n) is 2.94. The van der Waals surface area contributed by atoms with E-state index in [1.165, 1.54) is 0 Å². The van der Waals surface area contributed by atoms with Crippen LogP contribution in [0.15, 0.2) is 9.52 Å². The zero-order valence-corrected chi connectivity index (χ0v) is 8.04. The van der Waals surface area contributed by atoms with Gasteiger partial charge in [-0.3, -0.25) is 4.79 Å². The average molecular weight is 217 g/mol. The Kier molecular flexibility index (Phi) is 4.89. The molecule has 0 aromatic carbocycles. The Labute approximate surface area is 79.7 Å². The number of rotatable bonds is 3. The summed E-state index contributed by atoms with van der Waals surface area (Å²) >= 11 is 16.1. The Bertz CT molecular complexity index is 184. The topological polar surface area (TPSA) is 37.3 Å². The number of carboxylic acids is 1. The molecule has 5 heteroatoms. The summed E-state index contributed by atoms with van der Waals surface area (Å²) in [7, 11) is 0. The van der Waals surface area contributed by atoms with Crippen LogP contribution < -0.4 is 0 Å². The van der Waals surface area contributed by atoms with Crippen molar-refractivity contribution in [3.05, 3.63) is 9.52 Å². The van der Waals surface area contributed by atoms with E-state index in [9.17, 15) is 4.79 Å². The number of carboxylic acid groups (broad SMARTS) is 1. The first-order valence-corrected chi connectivity index (χ1v) is 4.07. The van der Waals surface area contributed by atoms with Crippen molar-refractivity contribution in [2.45, 2.75) is 13.3 Å². The maximum Gasteiger partial charge on any atom is 0.311 e. The normalized spacial score (nSPS) is 12.4. The van der Waals surface area contributed by atoms with E-state index in [1.54, 1.807) is 6.92 Å². The van der Waals surface area contributed by atoms with Gasteiger partial charge in [-0.25, -0.2) is 0 Å². The maximum atomic E-state index is 10.4. The number of halogens is 3. The van der Waals surface area contributed by atoms with E-state index in [1.807, 2.05) is 0 Å². The molecule has 0 fully saturated rings. The van der Waals surface area contributed by atoms with Gasteiger partial charge in [0.05, 0.1) is 11.0 Å². The van der Waals surface area contributed by atoms with Gasteiger partial charge in [-0.15, -0.1) is 0 Å². The second-order valence-electron chi connectivity index (χ2n) is 1.91. The molecule has 1 atom stereocenters. The van der Waals surface area contributed by atoms with Gasteiger partial charge in [-0.1, -0.05) is 41.7 Å². The zero-order valence-electron chi connectivity index (χ0n) is 5.77. The monoisotopic (exact) mass is 216 g/mol. The van der Waals surface area contributed by atoms with Gasteiger partial charge in [-0.2, -0.15) is 0 Å². The predicted octanol–water partition coefficient (Wildman–Crippen LogP) is 2.98. The van der Waals surface area contributed by atoms with Crippen LogP contribution in [0.3, 0.4) is 0 Å². The molecule has 0 aliphatic rings. The molecule has 0 heterocycles. The zero-order chi connectivity index (χ0) is 9.02. The molecular weight excluding hydrogens is 210 g/mol. The maximum absolute atomic E-state index is 10.4. The van der Waals surface area contributed by atoms with Gasteiger partial charge in [0.25, 0.3) is 0 Å². The smallest absolute Gasteiger partial charge is 0.311 e. The van der Waals surface area contributed by atoms with Crippen LogP contribution in [0.25, 0.3) is 0 Å². The first-order chi connectivity index (χ1) is 5.00. The summed E-state index contributed by atoms with van der Waals surface area (Å²) in [6.45, 7) is 1.69. The molecule has 64 valence electrons. The lowest BCUT2D eigenvalue weighted by atomic mass is 10.1. The van der Waals surface area contributed by atoms with E-state index in [4.69, 9.17) is 39.9 Å². The van der Waals surface area contributed by atoms with Gasteiger partial charge in [0.15, 0.2) is 0 Å². The number of carbonyl (C=O) groups is 1. The minimum atomic E-state index is -1.02. The van der Waals surface area contributed by atoms with E-state index in [0.717, 1.165) is 0 Å². The van der Waals surface area contributed by atoms with Crippen molar-refractivity contribution in [1.29, 1.82) is 0 Å². The molecule has 0 rings (SSSR count). The second-order valence-corrected chi connectivity index (χ2v) is 3.26. The molecular formula is C6H7Cl3O2. The van der Waals surface area contributed by atoms with Crippen molar-refractivity contribution in [2.75, 3.05) is 0 Å². The molecule has 1 N–H and O–H groups in total. The van der Waals surface area contributed by atoms with Gasteiger partial charge in [0.1, 0.15) is 4.49 Å².